The highest BCUT2D eigenvalue weighted by Crippen LogP contribution is 2.39. The van der Waals surface area contributed by atoms with Crippen LogP contribution in [0.1, 0.15) is 40.2 Å². The number of aromatic nitrogens is 1. The third-order valence-electron chi connectivity index (χ3n) is 5.51. The van der Waals surface area contributed by atoms with Crippen LogP contribution in [-0.4, -0.2) is 36.5 Å². The number of H-pyrrole nitrogens is 1. The lowest BCUT2D eigenvalue weighted by Gasteiger charge is -2.35. The molecule has 0 bridgehead atoms. The summed E-state index contributed by atoms with van der Waals surface area (Å²) in [5, 5.41) is 1.19. The van der Waals surface area contributed by atoms with Crippen LogP contribution in [0.2, 0.25) is 0 Å². The smallest absolute Gasteiger partial charge is 0.210 e. The monoisotopic (exact) mass is 381 g/mol. The summed E-state index contributed by atoms with van der Waals surface area (Å²) in [5.74, 6) is 0.609. The van der Waals surface area contributed by atoms with E-state index in [1.807, 2.05) is 42.3 Å². The molecule has 28 heavy (non-hydrogen) atoms. The van der Waals surface area contributed by atoms with Crippen molar-refractivity contribution in [3.05, 3.63) is 59.3 Å². The molecule has 1 aromatic heterocycles. The fourth-order valence-corrected chi connectivity index (χ4v) is 4.15. The van der Waals surface area contributed by atoms with Crippen LogP contribution < -0.4 is 9.47 Å². The van der Waals surface area contributed by atoms with E-state index in [2.05, 4.69) is 11.1 Å². The summed E-state index contributed by atoms with van der Waals surface area (Å²) in [4.78, 5) is 16.9. The lowest BCUT2D eigenvalue weighted by Crippen LogP contribution is -2.34. The Bertz CT molecular complexity index is 1080. The number of para-hydroxylation sites is 1. The van der Waals surface area contributed by atoms with Crippen LogP contribution in [-0.2, 0) is 17.6 Å². The highest BCUT2D eigenvalue weighted by atomic mass is 16.5. The number of carbonyl (C=O) groups is 1. The number of carbonyl (C=O) groups excluding carboxylic acids is 1. The Hall–Kier alpha value is -2.95. The van der Waals surface area contributed by atoms with E-state index in [0.717, 1.165) is 35.9 Å². The van der Waals surface area contributed by atoms with Gasteiger partial charge in [-0.1, -0.05) is 18.2 Å². The second kappa shape index (κ2) is 7.97. The maximum Gasteiger partial charge on any atom is 0.210 e. The minimum atomic E-state index is -2.56. The summed E-state index contributed by atoms with van der Waals surface area (Å²) >= 11 is 0. The Balaban J connectivity index is 1.66. The first-order valence-electron chi connectivity index (χ1n) is 11.1. The quantitative estimate of drug-likeness (QED) is 0.622. The number of aryl methyl sites for hydroxylation is 1. The zero-order valence-corrected chi connectivity index (χ0v) is 15.9. The molecule has 0 saturated carbocycles. The highest BCUT2D eigenvalue weighted by molar-refractivity contribution is 5.83. The van der Waals surface area contributed by atoms with Crippen molar-refractivity contribution in [2.24, 2.45) is 0 Å². The van der Waals surface area contributed by atoms with Crippen LogP contribution in [0.4, 0.5) is 0 Å². The molecule has 0 spiro atoms. The first-order chi connectivity index (χ1) is 14.9. The fraction of sp³-hybridized carbons (Fsp3) is 0.348. The predicted octanol–water partition coefficient (Wildman–Crippen LogP) is 4.26. The molecule has 1 N–H and O–H groups in total. The molecule has 1 atom stereocenters. The minimum absolute atomic E-state index is 0.115. The molecule has 0 fully saturated rings. The third kappa shape index (κ3) is 3.33. The Morgan fingerprint density at radius 1 is 1.32 bits per heavy atom. The maximum atomic E-state index is 11.8. The van der Waals surface area contributed by atoms with Crippen molar-refractivity contribution in [3.63, 3.8) is 0 Å². The van der Waals surface area contributed by atoms with Crippen molar-refractivity contribution in [2.45, 2.75) is 32.2 Å². The largest absolute Gasteiger partial charge is 0.493 e. The molecule has 1 unspecified atom stereocenters. The Morgan fingerprint density at radius 2 is 2.21 bits per heavy atom. The number of amides is 1. The van der Waals surface area contributed by atoms with E-state index >= 15 is 0 Å². The van der Waals surface area contributed by atoms with Crippen molar-refractivity contribution >= 4 is 17.3 Å². The molecule has 1 amide bonds. The Kier molecular flexibility index (Phi) is 4.28. The van der Waals surface area contributed by atoms with Gasteiger partial charge in [0.1, 0.15) is 0 Å². The molecule has 3 aromatic rings. The molecule has 1 aliphatic heterocycles. The van der Waals surface area contributed by atoms with Gasteiger partial charge in [-0.3, -0.25) is 4.79 Å². The standard InChI is InChI=1S/C23H26N2O3/c1-3-28-23-13-19-16(12-22(23)27-2)10-11-25(15-26)21(19)9-8-17-14-24-20-7-5-4-6-18(17)20/h4-7,12-15,21,24H,3,8-11H2,1-2H3/i2D3. The van der Waals surface area contributed by atoms with Crippen LogP contribution in [0.3, 0.4) is 0 Å². The van der Waals surface area contributed by atoms with E-state index in [1.165, 1.54) is 10.9 Å². The molecule has 0 radical (unpaired) electrons. The first-order valence-corrected chi connectivity index (χ1v) is 9.64. The van der Waals surface area contributed by atoms with Gasteiger partial charge in [0.05, 0.1) is 23.8 Å². The van der Waals surface area contributed by atoms with E-state index in [1.54, 1.807) is 6.07 Å². The van der Waals surface area contributed by atoms with Crippen LogP contribution in [0.25, 0.3) is 10.9 Å². The van der Waals surface area contributed by atoms with Gasteiger partial charge in [-0.2, -0.15) is 0 Å². The minimum Gasteiger partial charge on any atom is -0.493 e. The molecule has 2 heterocycles. The van der Waals surface area contributed by atoms with Crippen molar-refractivity contribution < 1.29 is 18.4 Å². The number of aromatic amines is 1. The molecular weight excluding hydrogens is 352 g/mol. The highest BCUT2D eigenvalue weighted by Gasteiger charge is 2.28. The lowest BCUT2D eigenvalue weighted by molar-refractivity contribution is -0.120. The number of nitrogens with zero attached hydrogens (tertiary/aromatic N) is 1. The van der Waals surface area contributed by atoms with Crippen molar-refractivity contribution in [1.82, 2.24) is 9.88 Å². The summed E-state index contributed by atoms with van der Waals surface area (Å²) in [6, 6.07) is 11.7. The number of nitrogens with one attached hydrogen (secondary N) is 1. The zero-order valence-electron chi connectivity index (χ0n) is 18.9. The van der Waals surface area contributed by atoms with Crippen LogP contribution in [0, 0.1) is 0 Å². The van der Waals surface area contributed by atoms with Gasteiger partial charge in [0, 0.05) is 23.6 Å². The number of methoxy groups -OCH3 is 1. The van der Waals surface area contributed by atoms with Gasteiger partial charge in [-0.25, -0.2) is 0 Å². The predicted molar refractivity (Wildman–Crippen MR) is 110 cm³/mol. The summed E-state index contributed by atoms with van der Waals surface area (Å²) in [6.07, 6.45) is 5.12. The van der Waals surface area contributed by atoms with E-state index in [-0.39, 0.29) is 11.8 Å². The van der Waals surface area contributed by atoms with E-state index in [4.69, 9.17) is 13.6 Å². The van der Waals surface area contributed by atoms with Gasteiger partial charge in [-0.15, -0.1) is 0 Å². The molecule has 0 saturated heterocycles. The number of hydrogen-bond acceptors (Lipinski definition) is 3. The van der Waals surface area contributed by atoms with Crippen LogP contribution in [0.15, 0.2) is 42.6 Å². The van der Waals surface area contributed by atoms with Crippen molar-refractivity contribution in [2.75, 3.05) is 20.2 Å². The van der Waals surface area contributed by atoms with E-state index < -0.39 is 7.04 Å². The van der Waals surface area contributed by atoms with Crippen LogP contribution in [0.5, 0.6) is 11.5 Å². The second-order valence-electron chi connectivity index (χ2n) is 7.04. The molecule has 1 aliphatic rings. The topological polar surface area (TPSA) is 54.6 Å². The number of fused-ring (bicyclic) bond motifs is 2. The Morgan fingerprint density at radius 3 is 3.04 bits per heavy atom. The van der Waals surface area contributed by atoms with Crippen LogP contribution >= 0.6 is 0 Å². The summed E-state index contributed by atoms with van der Waals surface area (Å²) < 4.78 is 33.2. The van der Waals surface area contributed by atoms with Gasteiger partial charge in [0.25, 0.3) is 0 Å². The molecule has 0 aliphatic carbocycles. The number of benzene rings is 2. The van der Waals surface area contributed by atoms with Crippen molar-refractivity contribution in [1.29, 1.82) is 0 Å². The van der Waals surface area contributed by atoms with Gasteiger partial charge in [0.2, 0.25) is 6.41 Å². The van der Waals surface area contributed by atoms with Gasteiger partial charge >= 0.3 is 0 Å². The van der Waals surface area contributed by atoms with E-state index in [0.29, 0.717) is 25.3 Å². The summed E-state index contributed by atoms with van der Waals surface area (Å²) in [6.45, 7) is 2.80. The maximum absolute atomic E-state index is 11.8. The molecule has 5 nitrogen and oxygen atoms in total. The summed E-state index contributed by atoms with van der Waals surface area (Å²) in [7, 11) is -2.56. The van der Waals surface area contributed by atoms with Crippen molar-refractivity contribution in [3.8, 4) is 11.5 Å². The molecule has 2 aromatic carbocycles. The molecule has 146 valence electrons. The second-order valence-corrected chi connectivity index (χ2v) is 7.04. The number of hydrogen-bond donors (Lipinski definition) is 1. The average Bonchev–Trinajstić information content (AvgIpc) is 3.14. The summed E-state index contributed by atoms with van der Waals surface area (Å²) in [5.41, 5.74) is 4.28. The van der Waals surface area contributed by atoms with Gasteiger partial charge in [0.15, 0.2) is 11.5 Å². The third-order valence-corrected chi connectivity index (χ3v) is 5.51. The normalized spacial score (nSPS) is 18.1. The van der Waals surface area contributed by atoms with Gasteiger partial charge < -0.3 is 19.4 Å². The van der Waals surface area contributed by atoms with Gasteiger partial charge in [-0.05, 0) is 61.1 Å². The number of ether oxygens (including phenoxy) is 2. The first kappa shape index (κ1) is 15.0. The average molecular weight is 381 g/mol. The Labute approximate surface area is 169 Å². The molecule has 5 heteroatoms. The lowest BCUT2D eigenvalue weighted by atomic mass is 9.88. The number of rotatable bonds is 7. The zero-order chi connectivity index (χ0) is 22.0. The molecular formula is C23H26N2O3. The van der Waals surface area contributed by atoms with E-state index in [9.17, 15) is 4.79 Å². The molecule has 4 rings (SSSR count). The SMILES string of the molecule is [2H]C([2H])([2H])Oc1cc2c(cc1OCC)C(CCc1c[nH]c3ccccc13)N(C=O)CC2. The fourth-order valence-electron chi connectivity index (χ4n) is 4.15.